The summed E-state index contributed by atoms with van der Waals surface area (Å²) < 4.78 is 6.33. The largest absolute Gasteiger partial charge is 0.456 e. The quantitative estimate of drug-likeness (QED) is 0.172. The molecule has 10 aromatic rings. The monoisotopic (exact) mass is 715 g/mol. The van der Waals surface area contributed by atoms with Crippen LogP contribution in [0.15, 0.2) is 205 Å². The third-order valence-electron chi connectivity index (χ3n) is 11.3. The Kier molecular flexibility index (Phi) is 7.36. The average Bonchev–Trinajstić information content (AvgIpc) is 3.81. The lowest BCUT2D eigenvalue weighted by molar-refractivity contribution is 0.669. The molecule has 8 aromatic carbocycles. The molecule has 0 radical (unpaired) electrons. The van der Waals surface area contributed by atoms with Crippen LogP contribution in [0.5, 0.6) is 0 Å². The van der Waals surface area contributed by atoms with E-state index in [0.717, 1.165) is 55.3 Å². The van der Waals surface area contributed by atoms with Gasteiger partial charge >= 0.3 is 0 Å². The van der Waals surface area contributed by atoms with E-state index in [1.807, 2.05) is 36.4 Å². The lowest BCUT2D eigenvalue weighted by Crippen LogP contribution is -2.28. The molecule has 0 fully saturated rings. The minimum absolute atomic E-state index is 0.544. The van der Waals surface area contributed by atoms with Gasteiger partial charge in [-0.1, -0.05) is 188 Å². The Labute approximate surface area is 324 Å². The molecule has 1 aliphatic rings. The summed E-state index contributed by atoms with van der Waals surface area (Å²) in [5, 5.41) is 2.01. The molecule has 4 nitrogen and oxygen atoms in total. The SMILES string of the molecule is c1ccc(-c2ccc(-c3nc(-c4cccc5c4-c4ccccc4C5(c4ccccc4)c4ccccc4)nc(-c4cccc5oc6ccccc6c45)n3)cc2)cc1. The number of furan rings is 1. The first-order chi connectivity index (χ1) is 27.8. The molecule has 0 atom stereocenters. The lowest BCUT2D eigenvalue weighted by atomic mass is 9.67. The van der Waals surface area contributed by atoms with Crippen LogP contribution in [0.4, 0.5) is 0 Å². The molecule has 56 heavy (non-hydrogen) atoms. The molecule has 0 N–H and O–H groups in total. The van der Waals surface area contributed by atoms with Gasteiger partial charge in [0.25, 0.3) is 0 Å². The van der Waals surface area contributed by atoms with E-state index in [9.17, 15) is 0 Å². The number of benzene rings is 8. The molecule has 0 bridgehead atoms. The highest BCUT2D eigenvalue weighted by Gasteiger charge is 2.47. The minimum atomic E-state index is -0.544. The van der Waals surface area contributed by atoms with E-state index in [2.05, 4.69) is 164 Å². The van der Waals surface area contributed by atoms with Crippen LogP contribution in [-0.2, 0) is 5.41 Å². The Bertz CT molecular complexity index is 3020. The Hall–Kier alpha value is -7.43. The zero-order valence-electron chi connectivity index (χ0n) is 30.3. The summed E-state index contributed by atoms with van der Waals surface area (Å²) in [4.78, 5) is 15.9. The Morgan fingerprint density at radius 2 is 0.839 bits per heavy atom. The zero-order chi connectivity index (χ0) is 37.1. The molecule has 0 spiro atoms. The number of fused-ring (bicyclic) bond motifs is 6. The number of nitrogens with zero attached hydrogens (tertiary/aromatic N) is 3. The summed E-state index contributed by atoms with van der Waals surface area (Å²) in [5.41, 5.74) is 13.3. The van der Waals surface area contributed by atoms with Crippen LogP contribution in [0.2, 0.25) is 0 Å². The summed E-state index contributed by atoms with van der Waals surface area (Å²) >= 11 is 0. The van der Waals surface area contributed by atoms with E-state index in [4.69, 9.17) is 19.4 Å². The molecule has 0 amide bonds. The summed E-state index contributed by atoms with van der Waals surface area (Å²) in [5.74, 6) is 1.82. The van der Waals surface area contributed by atoms with E-state index in [-0.39, 0.29) is 0 Å². The maximum Gasteiger partial charge on any atom is 0.164 e. The summed E-state index contributed by atoms with van der Waals surface area (Å²) in [7, 11) is 0. The second-order valence-electron chi connectivity index (χ2n) is 14.3. The van der Waals surface area contributed by atoms with Crippen LogP contribution < -0.4 is 0 Å². The van der Waals surface area contributed by atoms with Crippen LogP contribution in [0, 0.1) is 0 Å². The summed E-state index contributed by atoms with van der Waals surface area (Å²) in [6, 6.07) is 70.3. The van der Waals surface area contributed by atoms with E-state index in [0.29, 0.717) is 17.5 Å². The molecule has 0 saturated heterocycles. The highest BCUT2D eigenvalue weighted by molar-refractivity contribution is 6.11. The molecule has 0 unspecified atom stereocenters. The van der Waals surface area contributed by atoms with E-state index < -0.39 is 5.41 Å². The first-order valence-electron chi connectivity index (χ1n) is 18.9. The smallest absolute Gasteiger partial charge is 0.164 e. The van der Waals surface area contributed by atoms with Gasteiger partial charge in [-0.3, -0.25) is 0 Å². The summed E-state index contributed by atoms with van der Waals surface area (Å²) in [6.45, 7) is 0. The van der Waals surface area contributed by atoms with Crippen LogP contribution in [0.1, 0.15) is 22.3 Å². The molecule has 11 rings (SSSR count). The molecular weight excluding hydrogens is 683 g/mol. The molecule has 2 aromatic heterocycles. The maximum atomic E-state index is 6.33. The van der Waals surface area contributed by atoms with Gasteiger partial charge in [-0.2, -0.15) is 0 Å². The van der Waals surface area contributed by atoms with Gasteiger partial charge in [0.1, 0.15) is 11.2 Å². The van der Waals surface area contributed by atoms with Crippen molar-refractivity contribution in [3.8, 4) is 56.4 Å². The predicted molar refractivity (Wildman–Crippen MR) is 226 cm³/mol. The molecular formula is C52H33N3O. The van der Waals surface area contributed by atoms with Crippen molar-refractivity contribution in [3.63, 3.8) is 0 Å². The van der Waals surface area contributed by atoms with Crippen molar-refractivity contribution in [2.24, 2.45) is 0 Å². The fourth-order valence-electron chi connectivity index (χ4n) is 8.83. The normalized spacial score (nSPS) is 12.8. The van der Waals surface area contributed by atoms with Crippen molar-refractivity contribution in [2.45, 2.75) is 5.41 Å². The van der Waals surface area contributed by atoms with Gasteiger partial charge in [0.05, 0.1) is 5.41 Å². The van der Waals surface area contributed by atoms with Crippen molar-refractivity contribution < 1.29 is 4.42 Å². The molecule has 2 heterocycles. The minimum Gasteiger partial charge on any atom is -0.456 e. The molecule has 1 aliphatic carbocycles. The van der Waals surface area contributed by atoms with Gasteiger partial charge in [0, 0.05) is 27.5 Å². The third kappa shape index (κ3) is 4.89. The van der Waals surface area contributed by atoms with Crippen molar-refractivity contribution in [1.82, 2.24) is 15.0 Å². The predicted octanol–water partition coefficient (Wildman–Crippen LogP) is 12.8. The van der Waals surface area contributed by atoms with Crippen molar-refractivity contribution in [2.75, 3.05) is 0 Å². The number of aromatic nitrogens is 3. The highest BCUT2D eigenvalue weighted by Crippen LogP contribution is 2.58. The van der Waals surface area contributed by atoms with Crippen molar-refractivity contribution in [1.29, 1.82) is 0 Å². The molecule has 0 saturated carbocycles. The van der Waals surface area contributed by atoms with Crippen LogP contribution in [-0.4, -0.2) is 15.0 Å². The standard InChI is InChI=1S/C52H33N3O/c1-4-16-34(17-5-1)35-30-32-36(33-31-35)49-53-50(55-51(54-49)42-25-15-29-46-48(42)40-23-11-13-28-45(40)56-46)41-24-14-27-44-47(41)39-22-10-12-26-43(39)52(44,37-18-6-2-7-19-37)38-20-8-3-9-21-38/h1-33H. The second-order valence-corrected chi connectivity index (χ2v) is 14.3. The Balaban J connectivity index is 1.19. The Morgan fingerprint density at radius 1 is 0.339 bits per heavy atom. The second kappa shape index (κ2) is 12.9. The van der Waals surface area contributed by atoms with Crippen molar-refractivity contribution in [3.05, 3.63) is 222 Å². The highest BCUT2D eigenvalue weighted by atomic mass is 16.3. The van der Waals surface area contributed by atoms with E-state index in [1.54, 1.807) is 0 Å². The van der Waals surface area contributed by atoms with Crippen LogP contribution in [0.25, 0.3) is 78.4 Å². The first-order valence-corrected chi connectivity index (χ1v) is 18.9. The van der Waals surface area contributed by atoms with Gasteiger partial charge in [-0.25, -0.2) is 15.0 Å². The van der Waals surface area contributed by atoms with Gasteiger partial charge in [0.15, 0.2) is 17.5 Å². The van der Waals surface area contributed by atoms with Crippen LogP contribution >= 0.6 is 0 Å². The number of rotatable bonds is 6. The van der Waals surface area contributed by atoms with E-state index >= 15 is 0 Å². The van der Waals surface area contributed by atoms with Gasteiger partial charge in [-0.05, 0) is 56.6 Å². The number of para-hydroxylation sites is 1. The molecule has 0 aliphatic heterocycles. The summed E-state index contributed by atoms with van der Waals surface area (Å²) in [6.07, 6.45) is 0. The lowest BCUT2D eigenvalue weighted by Gasteiger charge is -2.33. The van der Waals surface area contributed by atoms with Gasteiger partial charge < -0.3 is 4.42 Å². The first kappa shape index (κ1) is 32.0. The average molecular weight is 716 g/mol. The Morgan fingerprint density at radius 3 is 1.59 bits per heavy atom. The number of hydrogen-bond donors (Lipinski definition) is 0. The fourth-order valence-corrected chi connectivity index (χ4v) is 8.83. The van der Waals surface area contributed by atoms with Gasteiger partial charge in [-0.15, -0.1) is 0 Å². The third-order valence-corrected chi connectivity index (χ3v) is 11.3. The van der Waals surface area contributed by atoms with Crippen molar-refractivity contribution >= 4 is 21.9 Å². The maximum absolute atomic E-state index is 6.33. The topological polar surface area (TPSA) is 51.8 Å². The molecule has 4 heteroatoms. The van der Waals surface area contributed by atoms with Gasteiger partial charge in [0.2, 0.25) is 0 Å². The molecule has 262 valence electrons. The fraction of sp³-hybridized carbons (Fsp3) is 0.0192. The number of hydrogen-bond acceptors (Lipinski definition) is 4. The zero-order valence-corrected chi connectivity index (χ0v) is 30.3. The van der Waals surface area contributed by atoms with E-state index in [1.165, 1.54) is 27.8 Å². The van der Waals surface area contributed by atoms with Crippen LogP contribution in [0.3, 0.4) is 0 Å².